The minimum atomic E-state index is -0.499. The first-order chi connectivity index (χ1) is 9.97. The van der Waals surface area contributed by atoms with Gasteiger partial charge in [0.05, 0.1) is 16.3 Å². The third-order valence-corrected chi connectivity index (χ3v) is 4.06. The van der Waals surface area contributed by atoms with Crippen LogP contribution in [0.15, 0.2) is 54.9 Å². The molecule has 1 amide bonds. The molecule has 0 spiro atoms. The molecule has 0 aliphatic carbocycles. The van der Waals surface area contributed by atoms with E-state index < -0.39 is 5.91 Å². The lowest BCUT2D eigenvalue weighted by atomic mass is 10.2. The molecule has 0 saturated heterocycles. The summed E-state index contributed by atoms with van der Waals surface area (Å²) < 4.78 is 2.03. The van der Waals surface area contributed by atoms with Crippen molar-refractivity contribution < 1.29 is 9.90 Å². The first-order valence-corrected chi connectivity index (χ1v) is 8.12. The zero-order valence-electron chi connectivity index (χ0n) is 10.5. The quantitative estimate of drug-likeness (QED) is 0.508. The smallest absolute Gasteiger partial charge is 0.275 e. The SMILES string of the molecule is O=C(N/N=C/c1cccc(Br)c1)c1cc(Br)cc(Br)c1O. The van der Waals surface area contributed by atoms with E-state index in [1.807, 2.05) is 24.3 Å². The number of amides is 1. The van der Waals surface area contributed by atoms with Crippen LogP contribution in [0.5, 0.6) is 5.75 Å². The van der Waals surface area contributed by atoms with E-state index in [0.717, 1.165) is 10.0 Å². The van der Waals surface area contributed by atoms with Crippen molar-refractivity contribution in [2.75, 3.05) is 0 Å². The summed E-state index contributed by atoms with van der Waals surface area (Å²) in [5, 5.41) is 13.7. The molecule has 0 fully saturated rings. The van der Waals surface area contributed by atoms with Crippen molar-refractivity contribution in [2.45, 2.75) is 0 Å². The third-order valence-electron chi connectivity index (χ3n) is 2.50. The van der Waals surface area contributed by atoms with E-state index >= 15 is 0 Å². The highest BCUT2D eigenvalue weighted by molar-refractivity contribution is 9.11. The summed E-state index contributed by atoms with van der Waals surface area (Å²) in [7, 11) is 0. The molecule has 4 nitrogen and oxygen atoms in total. The summed E-state index contributed by atoms with van der Waals surface area (Å²) in [5.41, 5.74) is 3.34. The minimum absolute atomic E-state index is 0.127. The van der Waals surface area contributed by atoms with Gasteiger partial charge in [0.2, 0.25) is 0 Å². The van der Waals surface area contributed by atoms with Crippen LogP contribution >= 0.6 is 47.8 Å². The minimum Gasteiger partial charge on any atom is -0.506 e. The highest BCUT2D eigenvalue weighted by atomic mass is 79.9. The number of rotatable bonds is 3. The summed E-state index contributed by atoms with van der Waals surface area (Å²) in [6.45, 7) is 0. The van der Waals surface area contributed by atoms with Gasteiger partial charge in [0, 0.05) is 8.95 Å². The first kappa shape index (κ1) is 16.2. The average Bonchev–Trinajstić information content (AvgIpc) is 2.42. The highest BCUT2D eigenvalue weighted by Crippen LogP contribution is 2.31. The Hall–Kier alpha value is -1.18. The number of nitrogens with zero attached hydrogens (tertiary/aromatic N) is 1. The maximum Gasteiger partial charge on any atom is 0.275 e. The Morgan fingerprint density at radius 3 is 2.62 bits per heavy atom. The van der Waals surface area contributed by atoms with Gasteiger partial charge >= 0.3 is 0 Å². The van der Waals surface area contributed by atoms with Crippen molar-refractivity contribution in [1.29, 1.82) is 0 Å². The molecule has 21 heavy (non-hydrogen) atoms. The van der Waals surface area contributed by atoms with Crippen molar-refractivity contribution in [3.05, 3.63) is 60.9 Å². The fourth-order valence-electron chi connectivity index (χ4n) is 1.55. The second-order valence-electron chi connectivity index (χ2n) is 4.04. The summed E-state index contributed by atoms with van der Waals surface area (Å²) in [6.07, 6.45) is 1.52. The van der Waals surface area contributed by atoms with Crippen LogP contribution in [0, 0.1) is 0 Å². The van der Waals surface area contributed by atoms with Crippen molar-refractivity contribution in [1.82, 2.24) is 5.43 Å². The summed E-state index contributed by atoms with van der Waals surface area (Å²) in [4.78, 5) is 12.0. The largest absolute Gasteiger partial charge is 0.506 e. The van der Waals surface area contributed by atoms with Gasteiger partial charge in [-0.15, -0.1) is 0 Å². The summed E-state index contributed by atoms with van der Waals surface area (Å²) in [5.74, 6) is -0.630. The number of benzene rings is 2. The Labute approximate surface area is 146 Å². The fraction of sp³-hybridized carbons (Fsp3) is 0. The van der Waals surface area contributed by atoms with Gasteiger partial charge < -0.3 is 5.11 Å². The normalized spacial score (nSPS) is 10.8. The molecule has 0 saturated carbocycles. The first-order valence-electron chi connectivity index (χ1n) is 5.74. The number of aromatic hydroxyl groups is 1. The van der Waals surface area contributed by atoms with Gasteiger partial charge in [0.25, 0.3) is 5.91 Å². The number of hydrogen-bond donors (Lipinski definition) is 2. The van der Waals surface area contributed by atoms with Crippen LogP contribution in [0.25, 0.3) is 0 Å². The Morgan fingerprint density at radius 2 is 1.90 bits per heavy atom. The maximum atomic E-state index is 12.0. The van der Waals surface area contributed by atoms with Crippen LogP contribution in [0.4, 0.5) is 0 Å². The van der Waals surface area contributed by atoms with Crippen LogP contribution in [-0.2, 0) is 0 Å². The maximum absolute atomic E-state index is 12.0. The molecule has 2 rings (SSSR count). The molecule has 2 aromatic rings. The molecule has 108 valence electrons. The van der Waals surface area contributed by atoms with Crippen molar-refractivity contribution in [3.63, 3.8) is 0 Å². The van der Waals surface area contributed by atoms with E-state index in [-0.39, 0.29) is 11.3 Å². The lowest BCUT2D eigenvalue weighted by molar-refractivity contribution is 0.0952. The second kappa shape index (κ2) is 7.20. The molecular weight excluding hydrogens is 468 g/mol. The molecule has 0 bridgehead atoms. The number of nitrogens with one attached hydrogen (secondary N) is 1. The number of hydrogen-bond acceptors (Lipinski definition) is 3. The number of carbonyl (C=O) groups is 1. The summed E-state index contributed by atoms with van der Waals surface area (Å²) in [6, 6.07) is 10.6. The van der Waals surface area contributed by atoms with Crippen molar-refractivity contribution >= 4 is 59.9 Å². The van der Waals surface area contributed by atoms with Gasteiger partial charge in [-0.1, -0.05) is 44.0 Å². The Morgan fingerprint density at radius 1 is 1.14 bits per heavy atom. The second-order valence-corrected chi connectivity index (χ2v) is 6.72. The van der Waals surface area contributed by atoms with Crippen molar-refractivity contribution in [2.24, 2.45) is 5.10 Å². The molecule has 2 N–H and O–H groups in total. The van der Waals surface area contributed by atoms with Crippen LogP contribution in [0.1, 0.15) is 15.9 Å². The zero-order valence-corrected chi connectivity index (χ0v) is 15.2. The molecule has 0 unspecified atom stereocenters. The highest BCUT2D eigenvalue weighted by Gasteiger charge is 2.14. The van der Waals surface area contributed by atoms with E-state index in [2.05, 4.69) is 58.3 Å². The molecular formula is C14H9Br3N2O2. The average molecular weight is 477 g/mol. The number of hydrazone groups is 1. The standard InChI is InChI=1S/C14H9Br3N2O2/c15-9-3-1-2-8(4-9)7-18-19-14(21)11-5-10(16)6-12(17)13(11)20/h1-7,20H,(H,19,21)/b18-7+. The van der Waals surface area contributed by atoms with E-state index in [1.54, 1.807) is 6.07 Å². The lowest BCUT2D eigenvalue weighted by Gasteiger charge is -2.05. The van der Waals surface area contributed by atoms with Crippen LogP contribution in [0.3, 0.4) is 0 Å². The van der Waals surface area contributed by atoms with E-state index in [4.69, 9.17) is 0 Å². The topological polar surface area (TPSA) is 61.7 Å². The zero-order chi connectivity index (χ0) is 15.4. The fourth-order valence-corrected chi connectivity index (χ4v) is 3.19. The number of phenolic OH excluding ortho intramolecular Hbond substituents is 1. The lowest BCUT2D eigenvalue weighted by Crippen LogP contribution is -2.17. The van der Waals surface area contributed by atoms with Crippen LogP contribution < -0.4 is 5.43 Å². The van der Waals surface area contributed by atoms with E-state index in [0.29, 0.717) is 8.95 Å². The molecule has 2 aromatic carbocycles. The Kier molecular flexibility index (Phi) is 5.55. The Balaban J connectivity index is 2.12. The predicted octanol–water partition coefficient (Wildman–Crippen LogP) is 4.44. The van der Waals surface area contributed by atoms with Gasteiger partial charge in [-0.2, -0.15) is 5.10 Å². The van der Waals surface area contributed by atoms with Gasteiger partial charge in [-0.25, -0.2) is 5.43 Å². The van der Waals surface area contributed by atoms with Crippen molar-refractivity contribution in [3.8, 4) is 5.75 Å². The molecule has 0 aliphatic heterocycles. The van der Waals surface area contributed by atoms with E-state index in [1.165, 1.54) is 12.3 Å². The van der Waals surface area contributed by atoms with Gasteiger partial charge in [-0.3, -0.25) is 4.79 Å². The van der Waals surface area contributed by atoms with E-state index in [9.17, 15) is 9.90 Å². The van der Waals surface area contributed by atoms with Crippen LogP contribution in [-0.4, -0.2) is 17.2 Å². The molecule has 0 aliphatic rings. The predicted molar refractivity (Wildman–Crippen MR) is 92.7 cm³/mol. The van der Waals surface area contributed by atoms with Crippen LogP contribution in [0.2, 0.25) is 0 Å². The number of phenols is 1. The molecule has 7 heteroatoms. The number of carbonyl (C=O) groups excluding carboxylic acids is 1. The molecule has 0 atom stereocenters. The molecule has 0 aromatic heterocycles. The molecule has 0 radical (unpaired) electrons. The van der Waals surface area contributed by atoms with Gasteiger partial charge in [-0.05, 0) is 45.8 Å². The summed E-state index contributed by atoms with van der Waals surface area (Å²) >= 11 is 9.79. The number of halogens is 3. The van der Waals surface area contributed by atoms with Gasteiger partial charge in [0.15, 0.2) is 0 Å². The Bertz CT molecular complexity index is 717. The monoisotopic (exact) mass is 474 g/mol. The third kappa shape index (κ3) is 4.39. The molecule has 0 heterocycles. The van der Waals surface area contributed by atoms with Gasteiger partial charge in [0.1, 0.15) is 5.75 Å².